The van der Waals surface area contributed by atoms with Crippen molar-refractivity contribution in [1.82, 2.24) is 9.55 Å². The summed E-state index contributed by atoms with van der Waals surface area (Å²) < 4.78 is 47.4. The Bertz CT molecular complexity index is 970. The lowest BCUT2D eigenvalue weighted by atomic mass is 10.2. The highest BCUT2D eigenvalue weighted by molar-refractivity contribution is 8.55. The molecule has 6 N–H and O–H groups in total. The van der Waals surface area contributed by atoms with Crippen molar-refractivity contribution < 1.29 is 51.7 Å². The van der Waals surface area contributed by atoms with Crippen LogP contribution in [0.15, 0.2) is 21.9 Å². The van der Waals surface area contributed by atoms with E-state index in [0.29, 0.717) is 0 Å². The second kappa shape index (κ2) is 8.64. The molecule has 0 amide bonds. The Morgan fingerprint density at radius 2 is 1.86 bits per heavy atom. The molecular weight excluding hydrogens is 469 g/mol. The maximum Gasteiger partial charge on any atom is 0.488 e. The molecule has 2 rings (SSSR count). The highest BCUT2D eigenvalue weighted by Crippen LogP contribution is 2.70. The minimum Gasteiger partial charge on any atom is -0.390 e. The van der Waals surface area contributed by atoms with Gasteiger partial charge in [0.15, 0.2) is 0 Å². The second-order valence-electron chi connectivity index (χ2n) is 5.34. The third-order valence-electron chi connectivity index (χ3n) is 3.18. The smallest absolute Gasteiger partial charge is 0.390 e. The average molecular weight is 484 g/mol. The van der Waals surface area contributed by atoms with E-state index in [1.54, 1.807) is 0 Å². The molecule has 1 aliphatic heterocycles. The quantitative estimate of drug-likeness (QED) is 0.249. The summed E-state index contributed by atoms with van der Waals surface area (Å²) in [5.41, 5.74) is -1.44. The first kappa shape index (κ1) is 23.7. The van der Waals surface area contributed by atoms with Crippen molar-refractivity contribution in [3.05, 3.63) is 33.1 Å². The standard InChI is InChI=1S/C9H15N2O13P3S/c12-5-3-8(11-2-1-7(13)10-9(11)14)22-6(5)4-28-27(20,21)24-26(18,19)23-25(15,16)17/h1-2,5-6,8,12H,3-4H2,(H,18,19)(H,20,21)(H,10,13,14)(H2,15,16,17)/t5-,6+,8+/m0/s1. The number of nitrogens with one attached hydrogen (secondary N) is 1. The Labute approximate surface area is 159 Å². The molecule has 1 saturated heterocycles. The van der Waals surface area contributed by atoms with Gasteiger partial charge in [0.1, 0.15) is 6.23 Å². The molecule has 0 bridgehead atoms. The van der Waals surface area contributed by atoms with Crippen molar-refractivity contribution in [2.45, 2.75) is 24.9 Å². The summed E-state index contributed by atoms with van der Waals surface area (Å²) in [7, 11) is -11.0. The fourth-order valence-electron chi connectivity index (χ4n) is 2.16. The monoisotopic (exact) mass is 484 g/mol. The van der Waals surface area contributed by atoms with Gasteiger partial charge in [-0.15, -0.1) is 0 Å². The van der Waals surface area contributed by atoms with Gasteiger partial charge in [0.2, 0.25) is 0 Å². The van der Waals surface area contributed by atoms with Crippen molar-refractivity contribution >= 4 is 33.8 Å². The molecule has 160 valence electrons. The van der Waals surface area contributed by atoms with Crippen LogP contribution in [0.4, 0.5) is 0 Å². The Hall–Kier alpha value is -0.600. The molecule has 0 aromatic carbocycles. The molecule has 1 aliphatic rings. The first-order valence-corrected chi connectivity index (χ1v) is 13.3. The van der Waals surface area contributed by atoms with Crippen LogP contribution in [0.1, 0.15) is 12.6 Å². The third-order valence-corrected chi connectivity index (χ3v) is 9.34. The molecular formula is C9H15N2O13P3S. The number of hydrogen-bond donors (Lipinski definition) is 6. The molecule has 28 heavy (non-hydrogen) atoms. The molecule has 1 fully saturated rings. The lowest BCUT2D eigenvalue weighted by Crippen LogP contribution is -2.31. The van der Waals surface area contributed by atoms with E-state index in [1.807, 2.05) is 4.98 Å². The van der Waals surface area contributed by atoms with Crippen molar-refractivity contribution in [2.75, 3.05) is 5.75 Å². The molecule has 0 aliphatic carbocycles. The van der Waals surface area contributed by atoms with Crippen LogP contribution >= 0.6 is 33.8 Å². The Balaban J connectivity index is 1.99. The van der Waals surface area contributed by atoms with Gasteiger partial charge in [-0.25, -0.2) is 18.5 Å². The fourth-order valence-corrected chi connectivity index (χ4v) is 7.68. The van der Waals surface area contributed by atoms with Gasteiger partial charge in [0.05, 0.1) is 12.2 Å². The van der Waals surface area contributed by atoms with E-state index >= 15 is 0 Å². The first-order valence-electron chi connectivity index (χ1n) is 7.11. The number of hydrogen-bond acceptors (Lipinski definition) is 10. The van der Waals surface area contributed by atoms with Gasteiger partial charge < -0.3 is 29.4 Å². The normalized spacial score (nSPS) is 27.2. The van der Waals surface area contributed by atoms with E-state index < -0.39 is 57.9 Å². The van der Waals surface area contributed by atoms with Crippen LogP contribution < -0.4 is 11.2 Å². The summed E-state index contributed by atoms with van der Waals surface area (Å²) in [5, 5.41) is 9.98. The highest BCUT2D eigenvalue weighted by atomic mass is 32.7. The van der Waals surface area contributed by atoms with E-state index in [4.69, 9.17) is 19.4 Å². The SMILES string of the molecule is O=c1ccn([C@H]2C[C@H](O)[C@@H](CSP(=O)(O)OP(=O)(O)OP(=O)(O)O)O2)c(=O)[nH]1. The van der Waals surface area contributed by atoms with Gasteiger partial charge in [-0.1, -0.05) is 0 Å². The number of aromatic amines is 1. The summed E-state index contributed by atoms with van der Waals surface area (Å²) in [4.78, 5) is 60.3. The molecule has 0 spiro atoms. The number of phosphoric acid groups is 2. The molecule has 1 aromatic heterocycles. The van der Waals surface area contributed by atoms with Crippen LogP contribution in [0, 0.1) is 0 Å². The van der Waals surface area contributed by atoms with E-state index in [2.05, 4.69) is 8.62 Å². The van der Waals surface area contributed by atoms with Gasteiger partial charge in [0.25, 0.3) is 5.56 Å². The zero-order valence-electron chi connectivity index (χ0n) is 13.5. The minimum absolute atomic E-state index is 0.0300. The molecule has 1 aromatic rings. The van der Waals surface area contributed by atoms with Gasteiger partial charge in [-0.05, 0) is 11.4 Å². The number of aromatic nitrogens is 2. The van der Waals surface area contributed by atoms with Crippen molar-refractivity contribution in [3.8, 4) is 0 Å². The maximum absolute atomic E-state index is 11.8. The van der Waals surface area contributed by atoms with Crippen LogP contribution in [-0.4, -0.2) is 52.2 Å². The molecule has 0 saturated carbocycles. The van der Waals surface area contributed by atoms with E-state index in [1.165, 1.54) is 0 Å². The topological polar surface area (TPSA) is 235 Å². The van der Waals surface area contributed by atoms with Crippen LogP contribution in [0.5, 0.6) is 0 Å². The average Bonchev–Trinajstić information content (AvgIpc) is 2.82. The summed E-state index contributed by atoms with van der Waals surface area (Å²) in [6.07, 6.45) is -2.28. The van der Waals surface area contributed by atoms with Crippen molar-refractivity contribution in [2.24, 2.45) is 0 Å². The molecule has 19 heteroatoms. The lowest BCUT2D eigenvalue weighted by molar-refractivity contribution is -0.00749. The number of nitrogens with zero attached hydrogens (tertiary/aromatic N) is 1. The molecule has 15 nitrogen and oxygen atoms in total. The number of H-pyrrole nitrogens is 1. The Morgan fingerprint density at radius 1 is 1.21 bits per heavy atom. The lowest BCUT2D eigenvalue weighted by Gasteiger charge is -2.18. The summed E-state index contributed by atoms with van der Waals surface area (Å²) >= 11 is 0.0300. The van der Waals surface area contributed by atoms with Crippen LogP contribution in [0.25, 0.3) is 0 Å². The van der Waals surface area contributed by atoms with Gasteiger partial charge in [-0.2, -0.15) is 8.62 Å². The largest absolute Gasteiger partial charge is 0.488 e. The van der Waals surface area contributed by atoms with Crippen LogP contribution in [0.2, 0.25) is 0 Å². The number of ether oxygens (including phenoxy) is 1. The molecule has 5 atom stereocenters. The predicted molar refractivity (Wildman–Crippen MR) is 92.2 cm³/mol. The van der Waals surface area contributed by atoms with E-state index in [-0.39, 0.29) is 17.8 Å². The fraction of sp³-hybridized carbons (Fsp3) is 0.556. The van der Waals surface area contributed by atoms with Gasteiger partial charge in [-0.3, -0.25) is 14.3 Å². The second-order valence-corrected chi connectivity index (χ2v) is 12.2. The number of aliphatic hydroxyl groups excluding tert-OH is 1. The van der Waals surface area contributed by atoms with Crippen molar-refractivity contribution in [1.29, 1.82) is 0 Å². The summed E-state index contributed by atoms with van der Waals surface area (Å²) in [5.74, 6) is -0.459. The first-order chi connectivity index (χ1) is 12.7. The van der Waals surface area contributed by atoms with Crippen LogP contribution in [0.3, 0.4) is 0 Å². The van der Waals surface area contributed by atoms with Gasteiger partial charge in [0, 0.05) is 24.4 Å². The highest BCUT2D eigenvalue weighted by Gasteiger charge is 2.42. The molecule has 2 heterocycles. The third kappa shape index (κ3) is 7.02. The van der Waals surface area contributed by atoms with E-state index in [0.717, 1.165) is 16.8 Å². The number of rotatable bonds is 8. The zero-order valence-corrected chi connectivity index (χ0v) is 17.0. The maximum atomic E-state index is 11.8. The predicted octanol–water partition coefficient (Wildman–Crippen LogP) is -0.755. The minimum atomic E-state index is -5.56. The number of aliphatic hydroxyl groups is 1. The van der Waals surface area contributed by atoms with Crippen molar-refractivity contribution in [3.63, 3.8) is 0 Å². The van der Waals surface area contributed by atoms with Gasteiger partial charge >= 0.3 is 28.1 Å². The van der Waals surface area contributed by atoms with Crippen LogP contribution in [-0.2, 0) is 27.1 Å². The van der Waals surface area contributed by atoms with E-state index in [9.17, 15) is 33.3 Å². The summed E-state index contributed by atoms with van der Waals surface area (Å²) in [6, 6.07) is 1.05. The Kier molecular flexibility index (Phi) is 7.31. The zero-order chi connectivity index (χ0) is 21.3. The molecule has 0 radical (unpaired) electrons. The molecule has 2 unspecified atom stereocenters. The summed E-state index contributed by atoms with van der Waals surface area (Å²) in [6.45, 7) is -4.96. The Morgan fingerprint density at radius 3 is 2.43 bits per heavy atom.